The summed E-state index contributed by atoms with van der Waals surface area (Å²) >= 11 is 1.65. The van der Waals surface area contributed by atoms with Gasteiger partial charge in [-0.15, -0.1) is 11.3 Å². The molecule has 2 aromatic heterocycles. The topological polar surface area (TPSA) is 74.6 Å². The van der Waals surface area contributed by atoms with Crippen LogP contribution in [0.5, 0.6) is 0 Å². The van der Waals surface area contributed by atoms with Crippen LogP contribution in [0.2, 0.25) is 0 Å². The average molecular weight is 388 g/mol. The molecular formula is C18H24N6O2S. The van der Waals surface area contributed by atoms with Gasteiger partial charge in [0.2, 0.25) is 0 Å². The van der Waals surface area contributed by atoms with Crippen molar-refractivity contribution >= 4 is 23.3 Å². The number of thiazole rings is 1. The Bertz CT molecular complexity index is 776. The first kappa shape index (κ1) is 18.1. The molecule has 2 aliphatic heterocycles. The molecular weight excluding hydrogens is 364 g/mol. The van der Waals surface area contributed by atoms with Crippen LogP contribution in [0, 0.1) is 0 Å². The van der Waals surface area contributed by atoms with E-state index in [4.69, 9.17) is 0 Å². The zero-order chi connectivity index (χ0) is 18.6. The van der Waals surface area contributed by atoms with Crippen molar-refractivity contribution in [3.05, 3.63) is 34.5 Å². The Balaban J connectivity index is 1.32. The maximum absolute atomic E-state index is 12.7. The summed E-state index contributed by atoms with van der Waals surface area (Å²) in [7, 11) is 0. The Morgan fingerprint density at radius 1 is 1.00 bits per heavy atom. The lowest BCUT2D eigenvalue weighted by molar-refractivity contribution is 0.0724. The third-order valence-electron chi connectivity index (χ3n) is 5.15. The van der Waals surface area contributed by atoms with Crippen molar-refractivity contribution in [2.45, 2.75) is 25.8 Å². The van der Waals surface area contributed by atoms with E-state index in [9.17, 15) is 9.59 Å². The summed E-state index contributed by atoms with van der Waals surface area (Å²) in [6.07, 6.45) is 8.17. The van der Waals surface area contributed by atoms with Crippen molar-refractivity contribution < 1.29 is 9.59 Å². The Kier molecular flexibility index (Phi) is 5.49. The minimum absolute atomic E-state index is 0.0259. The Morgan fingerprint density at radius 2 is 1.78 bits per heavy atom. The van der Waals surface area contributed by atoms with Crippen LogP contribution in [0.25, 0.3) is 0 Å². The molecule has 4 heterocycles. The van der Waals surface area contributed by atoms with Crippen LogP contribution in [0.4, 0.5) is 4.79 Å². The molecule has 2 aliphatic rings. The van der Waals surface area contributed by atoms with Gasteiger partial charge in [-0.1, -0.05) is 0 Å². The number of likely N-dealkylation sites (tertiary alicyclic amines) is 1. The molecule has 0 saturated carbocycles. The van der Waals surface area contributed by atoms with E-state index in [1.165, 1.54) is 17.3 Å². The highest BCUT2D eigenvalue weighted by molar-refractivity contribution is 7.09. The van der Waals surface area contributed by atoms with Gasteiger partial charge in [-0.25, -0.2) is 9.78 Å². The van der Waals surface area contributed by atoms with Crippen molar-refractivity contribution in [1.29, 1.82) is 0 Å². The van der Waals surface area contributed by atoms with E-state index in [1.807, 2.05) is 16.5 Å². The minimum atomic E-state index is -0.165. The summed E-state index contributed by atoms with van der Waals surface area (Å²) in [6.45, 7) is 5.34. The summed E-state index contributed by atoms with van der Waals surface area (Å²) in [5, 5.41) is 7.22. The molecule has 2 aromatic rings. The summed E-state index contributed by atoms with van der Waals surface area (Å²) in [6, 6.07) is -0.165. The number of rotatable bonds is 3. The summed E-state index contributed by atoms with van der Waals surface area (Å²) in [5.74, 6) is -0.0259. The molecule has 4 rings (SSSR count). The molecule has 0 aliphatic carbocycles. The highest BCUT2D eigenvalue weighted by Gasteiger charge is 2.25. The van der Waals surface area contributed by atoms with Gasteiger partial charge < -0.3 is 9.80 Å². The molecule has 0 spiro atoms. The van der Waals surface area contributed by atoms with Crippen LogP contribution in [0.3, 0.4) is 0 Å². The number of hydrogen-bond acceptors (Lipinski definition) is 6. The number of carbonyl (C=O) groups is 2. The Hall–Kier alpha value is -2.26. The van der Waals surface area contributed by atoms with E-state index in [0.29, 0.717) is 18.7 Å². The summed E-state index contributed by atoms with van der Waals surface area (Å²) < 4.78 is 1.30. The van der Waals surface area contributed by atoms with E-state index < -0.39 is 0 Å². The number of piperidine rings is 1. The maximum atomic E-state index is 12.7. The monoisotopic (exact) mass is 388 g/mol. The predicted molar refractivity (Wildman–Crippen MR) is 102 cm³/mol. The van der Waals surface area contributed by atoms with Crippen LogP contribution < -0.4 is 0 Å². The van der Waals surface area contributed by atoms with Crippen LogP contribution in [0.1, 0.15) is 34.6 Å². The van der Waals surface area contributed by atoms with Gasteiger partial charge in [0.1, 0.15) is 5.01 Å². The molecule has 0 aromatic carbocycles. The second-order valence-electron chi connectivity index (χ2n) is 7.00. The zero-order valence-corrected chi connectivity index (χ0v) is 16.1. The van der Waals surface area contributed by atoms with Gasteiger partial charge in [0.25, 0.3) is 5.91 Å². The molecule has 8 nitrogen and oxygen atoms in total. The largest absolute Gasteiger partial charge is 0.344 e. The fraction of sp³-hybridized carbons (Fsp3) is 0.556. The van der Waals surface area contributed by atoms with Gasteiger partial charge >= 0.3 is 6.03 Å². The maximum Gasteiger partial charge on any atom is 0.344 e. The lowest BCUT2D eigenvalue weighted by atomic mass is 10.1. The van der Waals surface area contributed by atoms with E-state index in [2.05, 4.69) is 15.0 Å². The van der Waals surface area contributed by atoms with E-state index >= 15 is 0 Å². The first-order chi connectivity index (χ1) is 13.2. The summed E-state index contributed by atoms with van der Waals surface area (Å²) in [5.41, 5.74) is 0.493. The molecule has 9 heteroatoms. The van der Waals surface area contributed by atoms with Crippen molar-refractivity contribution in [3.63, 3.8) is 0 Å². The van der Waals surface area contributed by atoms with E-state index in [0.717, 1.165) is 50.6 Å². The Morgan fingerprint density at radius 3 is 2.48 bits per heavy atom. The second-order valence-corrected chi connectivity index (χ2v) is 7.98. The van der Waals surface area contributed by atoms with Crippen molar-refractivity contribution in [2.24, 2.45) is 0 Å². The molecule has 0 unspecified atom stereocenters. The van der Waals surface area contributed by atoms with Crippen molar-refractivity contribution in [3.8, 4) is 0 Å². The first-order valence-corrected chi connectivity index (χ1v) is 10.3. The lowest BCUT2D eigenvalue weighted by Gasteiger charge is -2.33. The molecule has 2 amide bonds. The molecule has 0 N–H and O–H groups in total. The smallest absolute Gasteiger partial charge is 0.339 e. The standard InChI is InChI=1S/C18H24N6O2S/c25-17(22-5-2-1-3-6-22)15-12-20-24(13-15)18(26)23-9-7-21(8-10-23)14-16-19-4-11-27-16/h4,11-13H,1-3,5-10,14H2. The highest BCUT2D eigenvalue weighted by atomic mass is 32.1. The number of piperazine rings is 1. The quantitative estimate of drug-likeness (QED) is 0.801. The number of aromatic nitrogens is 3. The Labute approximate surface area is 162 Å². The molecule has 2 fully saturated rings. The van der Waals surface area contributed by atoms with Crippen LogP contribution in [0.15, 0.2) is 24.0 Å². The van der Waals surface area contributed by atoms with Crippen LogP contribution in [-0.4, -0.2) is 80.7 Å². The first-order valence-electron chi connectivity index (χ1n) is 9.44. The fourth-order valence-corrected chi connectivity index (χ4v) is 4.24. The fourth-order valence-electron chi connectivity index (χ4n) is 3.58. The van der Waals surface area contributed by atoms with Gasteiger partial charge in [-0.3, -0.25) is 9.69 Å². The third kappa shape index (κ3) is 4.19. The molecule has 144 valence electrons. The van der Waals surface area contributed by atoms with E-state index in [1.54, 1.807) is 22.4 Å². The number of nitrogens with zero attached hydrogens (tertiary/aromatic N) is 6. The SMILES string of the molecule is O=C(c1cnn(C(=O)N2CCN(Cc3nccs3)CC2)c1)N1CCCCC1. The average Bonchev–Trinajstić information content (AvgIpc) is 3.40. The normalized spacial score (nSPS) is 18.7. The molecule has 0 atom stereocenters. The van der Waals surface area contributed by atoms with Crippen molar-refractivity contribution in [1.82, 2.24) is 29.5 Å². The molecule has 2 saturated heterocycles. The second kappa shape index (κ2) is 8.18. The van der Waals surface area contributed by atoms with Gasteiger partial charge in [-0.05, 0) is 19.3 Å². The van der Waals surface area contributed by atoms with Crippen LogP contribution in [-0.2, 0) is 6.54 Å². The van der Waals surface area contributed by atoms with Crippen LogP contribution >= 0.6 is 11.3 Å². The van der Waals surface area contributed by atoms with Gasteiger partial charge in [0.15, 0.2) is 0 Å². The van der Waals surface area contributed by atoms with Gasteiger partial charge in [0.05, 0.1) is 18.3 Å². The van der Waals surface area contributed by atoms with Gasteiger partial charge in [0, 0.05) is 57.0 Å². The van der Waals surface area contributed by atoms with Gasteiger partial charge in [-0.2, -0.15) is 9.78 Å². The highest BCUT2D eigenvalue weighted by Crippen LogP contribution is 2.14. The number of hydrogen-bond donors (Lipinski definition) is 0. The minimum Gasteiger partial charge on any atom is -0.339 e. The lowest BCUT2D eigenvalue weighted by Crippen LogP contribution is -2.49. The molecule has 0 bridgehead atoms. The predicted octanol–water partition coefficient (Wildman–Crippen LogP) is 1.75. The van der Waals surface area contributed by atoms with E-state index in [-0.39, 0.29) is 11.9 Å². The van der Waals surface area contributed by atoms with Crippen molar-refractivity contribution in [2.75, 3.05) is 39.3 Å². The zero-order valence-electron chi connectivity index (χ0n) is 15.3. The number of carbonyl (C=O) groups excluding carboxylic acids is 2. The molecule has 27 heavy (non-hydrogen) atoms. The number of amides is 2. The summed E-state index contributed by atoms with van der Waals surface area (Å²) in [4.78, 5) is 35.5. The molecule has 0 radical (unpaired) electrons. The third-order valence-corrected chi connectivity index (χ3v) is 5.92.